The van der Waals surface area contributed by atoms with Crippen LogP contribution in [0.15, 0.2) is 46.2 Å². The minimum atomic E-state index is -4.97. The third-order valence-corrected chi connectivity index (χ3v) is 6.92. The van der Waals surface area contributed by atoms with Crippen LogP contribution in [-0.4, -0.2) is 65.7 Å². The highest BCUT2D eigenvalue weighted by Crippen LogP contribution is 2.58. The van der Waals surface area contributed by atoms with Gasteiger partial charge in [-0.1, -0.05) is 6.07 Å². The van der Waals surface area contributed by atoms with Crippen molar-refractivity contribution >= 4 is 15.4 Å². The Morgan fingerprint density at radius 2 is 1.88 bits per heavy atom. The molecule has 4 N–H and O–H groups in total. The lowest BCUT2D eigenvalue weighted by Gasteiger charge is -2.19. The third-order valence-electron chi connectivity index (χ3n) is 4.41. The molecule has 0 spiro atoms. The van der Waals surface area contributed by atoms with Gasteiger partial charge in [-0.05, 0) is 12.1 Å². The van der Waals surface area contributed by atoms with E-state index in [-0.39, 0.29) is 6.54 Å². The lowest BCUT2D eigenvalue weighted by Crippen LogP contribution is -2.43. The van der Waals surface area contributed by atoms with Crippen molar-refractivity contribution in [2.75, 3.05) is 13.3 Å². The molecule has 2 aromatic rings. The average Bonchev–Trinajstić information content (AvgIpc) is 2.97. The fraction of sp³-hybridized carbons (Fsp3) is 0.438. The van der Waals surface area contributed by atoms with Crippen LogP contribution in [-0.2, 0) is 29.2 Å². The molecule has 0 aliphatic carbocycles. The smallest absolute Gasteiger partial charge is 0.387 e. The molecule has 0 amide bonds. The molecule has 16 heteroatoms. The van der Waals surface area contributed by atoms with Gasteiger partial charge in [-0.2, -0.15) is 0 Å². The zero-order valence-corrected chi connectivity index (χ0v) is 18.4. The number of pyridine rings is 1. The molecule has 3 rings (SSSR count). The predicted molar refractivity (Wildman–Crippen MR) is 107 cm³/mol. The van der Waals surface area contributed by atoms with Gasteiger partial charge in [0, 0.05) is 25.1 Å². The Labute approximate surface area is 180 Å². The average molecular weight is 493 g/mol. The van der Waals surface area contributed by atoms with Crippen molar-refractivity contribution in [1.82, 2.24) is 14.1 Å². The topological polar surface area (TPSA) is 200 Å². The van der Waals surface area contributed by atoms with E-state index >= 15 is 0 Å². The van der Waals surface area contributed by atoms with Crippen LogP contribution in [0.5, 0.6) is 0 Å². The van der Waals surface area contributed by atoms with Crippen molar-refractivity contribution in [1.29, 1.82) is 0 Å². The number of nitrogens with zero attached hydrogens (tertiary/aromatic N) is 3. The number of aliphatic hydroxyl groups is 2. The van der Waals surface area contributed by atoms with Crippen LogP contribution >= 0.6 is 15.4 Å². The Hall–Kier alpha value is -1.99. The van der Waals surface area contributed by atoms with Gasteiger partial charge in [0.05, 0.1) is 18.8 Å². The van der Waals surface area contributed by atoms with Gasteiger partial charge in [0.2, 0.25) is 0 Å². The highest BCUT2D eigenvalue weighted by atomic mass is 31.3. The number of rotatable bonds is 8. The lowest BCUT2D eigenvalue weighted by atomic mass is 10.1. The highest BCUT2D eigenvalue weighted by Gasteiger charge is 2.45. The molecule has 0 aromatic carbocycles. The summed E-state index contributed by atoms with van der Waals surface area (Å²) < 4.78 is 38.6. The zero-order valence-electron chi connectivity index (χ0n) is 16.6. The molecule has 1 fully saturated rings. The van der Waals surface area contributed by atoms with E-state index in [4.69, 9.17) is 9.63 Å². The molecular formula is C16H21N3O11P2. The van der Waals surface area contributed by atoms with Crippen molar-refractivity contribution < 1.29 is 42.7 Å². The second kappa shape index (κ2) is 9.48. The maximum Gasteiger partial charge on any atom is 0.479 e. The maximum atomic E-state index is 12.8. The molecule has 2 aromatic heterocycles. The van der Waals surface area contributed by atoms with Crippen LogP contribution in [0, 0.1) is 0 Å². The van der Waals surface area contributed by atoms with E-state index in [1.54, 1.807) is 18.2 Å². The summed E-state index contributed by atoms with van der Waals surface area (Å²) in [6, 6.07) is 6.01. The summed E-state index contributed by atoms with van der Waals surface area (Å²) in [7, 11) is -9.33. The number of aromatic nitrogens is 3. The lowest BCUT2D eigenvalue weighted by molar-refractivity contribution is -0.0546. The Bertz CT molecular complexity index is 1160. The van der Waals surface area contributed by atoms with Gasteiger partial charge in [-0.15, -0.1) is 0 Å². The largest absolute Gasteiger partial charge is 0.479 e. The first-order valence-electron chi connectivity index (χ1n) is 9.10. The highest BCUT2D eigenvalue weighted by molar-refractivity contribution is 7.63. The van der Waals surface area contributed by atoms with Crippen LogP contribution in [0.25, 0.3) is 0 Å². The normalized spacial score (nSPS) is 27.0. The van der Waals surface area contributed by atoms with Crippen LogP contribution in [0.2, 0.25) is 0 Å². The molecule has 0 radical (unpaired) electrons. The van der Waals surface area contributed by atoms with Gasteiger partial charge >= 0.3 is 21.1 Å². The molecule has 6 atom stereocenters. The summed E-state index contributed by atoms with van der Waals surface area (Å²) in [5.41, 5.74) is -1.06. The van der Waals surface area contributed by atoms with E-state index in [9.17, 15) is 33.8 Å². The first-order chi connectivity index (χ1) is 14.9. The first-order valence-corrected chi connectivity index (χ1v) is 12.6. The van der Waals surface area contributed by atoms with Gasteiger partial charge in [0.15, 0.2) is 6.23 Å². The Morgan fingerprint density at radius 1 is 1.16 bits per heavy atom. The van der Waals surface area contributed by atoms with E-state index in [1.807, 2.05) is 0 Å². The fourth-order valence-electron chi connectivity index (χ4n) is 3.00. The molecule has 0 bridgehead atoms. The molecule has 1 aliphatic heterocycles. The third kappa shape index (κ3) is 5.87. The summed E-state index contributed by atoms with van der Waals surface area (Å²) in [6.45, 7) is -0.294. The zero-order chi connectivity index (χ0) is 23.7. The van der Waals surface area contributed by atoms with Gasteiger partial charge in [-0.3, -0.25) is 28.0 Å². The van der Waals surface area contributed by atoms with Crippen molar-refractivity contribution in [2.24, 2.45) is 0 Å². The van der Waals surface area contributed by atoms with Crippen molar-refractivity contribution in [3.05, 3.63) is 63.2 Å². The number of hydrogen-bond donors (Lipinski definition) is 4. The number of phosphoric acid groups is 1. The van der Waals surface area contributed by atoms with E-state index < -0.39 is 57.8 Å². The minimum absolute atomic E-state index is 0.152. The van der Waals surface area contributed by atoms with E-state index in [0.717, 1.165) is 21.4 Å². The van der Waals surface area contributed by atoms with Crippen molar-refractivity contribution in [3.8, 4) is 0 Å². The molecule has 14 nitrogen and oxygen atoms in total. The van der Waals surface area contributed by atoms with Crippen LogP contribution in [0.3, 0.4) is 0 Å². The van der Waals surface area contributed by atoms with Gasteiger partial charge in [-0.25, -0.2) is 13.7 Å². The summed E-state index contributed by atoms with van der Waals surface area (Å²) in [5, 5.41) is 20.5. The second-order valence-corrected chi connectivity index (χ2v) is 10.4. The molecule has 1 saturated heterocycles. The Morgan fingerprint density at radius 3 is 2.50 bits per heavy atom. The maximum absolute atomic E-state index is 12.8. The van der Waals surface area contributed by atoms with E-state index in [1.165, 1.54) is 6.20 Å². The van der Waals surface area contributed by atoms with Crippen LogP contribution in [0.1, 0.15) is 11.9 Å². The number of phosphoric ester groups is 1. The van der Waals surface area contributed by atoms with Crippen LogP contribution < -0.4 is 11.2 Å². The van der Waals surface area contributed by atoms with Gasteiger partial charge in [0.1, 0.15) is 18.3 Å². The molecule has 176 valence electrons. The van der Waals surface area contributed by atoms with Gasteiger partial charge in [0.25, 0.3) is 5.56 Å². The van der Waals surface area contributed by atoms with Crippen LogP contribution in [0.4, 0.5) is 0 Å². The molecule has 0 saturated carbocycles. The monoisotopic (exact) mass is 493 g/mol. The molecule has 32 heavy (non-hydrogen) atoms. The fourth-order valence-corrected chi connectivity index (χ4v) is 5.06. The summed E-state index contributed by atoms with van der Waals surface area (Å²) in [4.78, 5) is 47.6. The molecular weight excluding hydrogens is 472 g/mol. The Balaban J connectivity index is 1.79. The number of aliphatic hydroxyl groups excluding tert-OH is 2. The first kappa shape index (κ1) is 24.6. The summed E-state index contributed by atoms with van der Waals surface area (Å²) >= 11 is 0. The standard InChI is InChI=1S/C16H21N3O11P2/c1-31(24,25)30-32(26,27)28-9-11-13(21)14(22)15(29-11)18-7-5-12(20)19(16(18)23)8-10-4-2-3-6-17-10/h2-7,11,13-15,21-22H,8-9H2,1H3,(H,24,25)(H,26,27)/t11?,13-,14?,15?/m0/s1. The minimum Gasteiger partial charge on any atom is -0.387 e. The molecule has 3 heterocycles. The predicted octanol–water partition coefficient (Wildman–Crippen LogP) is -0.979. The number of ether oxygens (including phenoxy) is 1. The van der Waals surface area contributed by atoms with Crippen molar-refractivity contribution in [2.45, 2.75) is 31.1 Å². The van der Waals surface area contributed by atoms with Crippen molar-refractivity contribution in [3.63, 3.8) is 0 Å². The second-order valence-electron chi connectivity index (χ2n) is 6.95. The van der Waals surface area contributed by atoms with E-state index in [2.05, 4.69) is 13.8 Å². The molecule has 5 unspecified atom stereocenters. The van der Waals surface area contributed by atoms with E-state index in [0.29, 0.717) is 12.4 Å². The van der Waals surface area contributed by atoms with Gasteiger partial charge < -0.3 is 24.7 Å². The summed E-state index contributed by atoms with van der Waals surface area (Å²) in [6.07, 6.45) is -3.64. The Kier molecular flexibility index (Phi) is 7.30. The number of hydrogen-bond acceptors (Lipinski definition) is 10. The molecule has 1 aliphatic rings. The SMILES string of the molecule is CP(=O)(O)OP(=O)(O)OCC1OC(n2ccc(=O)n(Cc3ccccn3)c2=O)C(O)[C@H]1O. The quantitative estimate of drug-likeness (QED) is 0.328. The summed E-state index contributed by atoms with van der Waals surface area (Å²) in [5.74, 6) is 0.